The molecule has 0 aliphatic heterocycles. The van der Waals surface area contributed by atoms with E-state index in [4.69, 9.17) is 0 Å². The quantitative estimate of drug-likeness (QED) is 0.870. The first-order valence-electron chi connectivity index (χ1n) is 5.32. The third kappa shape index (κ3) is 3.76. The van der Waals surface area contributed by atoms with Crippen LogP contribution in [0.5, 0.6) is 0 Å². The molecule has 0 saturated heterocycles. The van der Waals surface area contributed by atoms with Gasteiger partial charge in [-0.25, -0.2) is 0 Å². The number of benzene rings is 1. The van der Waals surface area contributed by atoms with Crippen LogP contribution in [0, 0.1) is 0 Å². The largest absolute Gasteiger partial charge is 0.416 e. The molecule has 1 aromatic rings. The van der Waals surface area contributed by atoms with Crippen LogP contribution in [-0.4, -0.2) is 11.9 Å². The predicted octanol–water partition coefficient (Wildman–Crippen LogP) is 3.23. The Morgan fingerprint density at radius 1 is 1.41 bits per heavy atom. The van der Waals surface area contributed by atoms with Gasteiger partial charge < -0.3 is 5.32 Å². The molecule has 1 atom stereocenters. The van der Waals surface area contributed by atoms with E-state index in [-0.39, 0.29) is 11.6 Å². The van der Waals surface area contributed by atoms with E-state index >= 15 is 0 Å². The molecule has 0 saturated carbocycles. The SMILES string of the molecule is CC[C@@H](C)NC(=O)c1cccc(C(F)(F)F)c1. The van der Waals surface area contributed by atoms with Gasteiger partial charge in [-0.15, -0.1) is 0 Å². The third-order valence-electron chi connectivity index (χ3n) is 2.44. The molecule has 1 rings (SSSR count). The summed E-state index contributed by atoms with van der Waals surface area (Å²) in [5, 5.41) is 2.62. The van der Waals surface area contributed by atoms with Gasteiger partial charge in [-0.2, -0.15) is 13.2 Å². The molecule has 0 aliphatic rings. The van der Waals surface area contributed by atoms with Gasteiger partial charge in [-0.3, -0.25) is 4.79 Å². The fraction of sp³-hybridized carbons (Fsp3) is 0.417. The maximum absolute atomic E-state index is 12.4. The van der Waals surface area contributed by atoms with E-state index < -0.39 is 17.6 Å². The summed E-state index contributed by atoms with van der Waals surface area (Å²) in [6, 6.07) is 4.34. The van der Waals surface area contributed by atoms with E-state index in [0.29, 0.717) is 0 Å². The second-order valence-corrected chi connectivity index (χ2v) is 3.86. The summed E-state index contributed by atoms with van der Waals surface area (Å²) in [5.74, 6) is -0.481. The van der Waals surface area contributed by atoms with Crippen molar-refractivity contribution in [2.45, 2.75) is 32.5 Å². The van der Waals surface area contributed by atoms with Crippen LogP contribution in [0.3, 0.4) is 0 Å². The zero-order chi connectivity index (χ0) is 13.1. The van der Waals surface area contributed by atoms with Gasteiger partial charge in [0.05, 0.1) is 5.56 Å². The topological polar surface area (TPSA) is 29.1 Å². The van der Waals surface area contributed by atoms with Crippen molar-refractivity contribution >= 4 is 5.91 Å². The Balaban J connectivity index is 2.89. The molecule has 5 heteroatoms. The Hall–Kier alpha value is -1.52. The molecular formula is C12H14F3NO. The first-order valence-corrected chi connectivity index (χ1v) is 5.32. The maximum atomic E-state index is 12.4. The molecular weight excluding hydrogens is 231 g/mol. The second kappa shape index (κ2) is 5.21. The molecule has 1 N–H and O–H groups in total. The molecule has 0 aromatic heterocycles. The van der Waals surface area contributed by atoms with E-state index in [1.54, 1.807) is 6.92 Å². The molecule has 0 heterocycles. The molecule has 94 valence electrons. The molecule has 0 unspecified atom stereocenters. The fourth-order valence-corrected chi connectivity index (χ4v) is 1.25. The minimum atomic E-state index is -4.42. The smallest absolute Gasteiger partial charge is 0.350 e. The van der Waals surface area contributed by atoms with Crippen molar-refractivity contribution in [3.05, 3.63) is 35.4 Å². The fourth-order valence-electron chi connectivity index (χ4n) is 1.25. The van der Waals surface area contributed by atoms with Crippen LogP contribution >= 0.6 is 0 Å². The number of alkyl halides is 3. The number of halogens is 3. The highest BCUT2D eigenvalue weighted by molar-refractivity contribution is 5.94. The molecule has 17 heavy (non-hydrogen) atoms. The second-order valence-electron chi connectivity index (χ2n) is 3.86. The number of rotatable bonds is 3. The van der Waals surface area contributed by atoms with E-state index in [9.17, 15) is 18.0 Å². The molecule has 0 aliphatic carbocycles. The third-order valence-corrected chi connectivity index (χ3v) is 2.44. The van der Waals surface area contributed by atoms with Crippen LogP contribution in [0.1, 0.15) is 36.2 Å². The summed E-state index contributed by atoms with van der Waals surface area (Å²) >= 11 is 0. The highest BCUT2D eigenvalue weighted by atomic mass is 19.4. The summed E-state index contributed by atoms with van der Waals surface area (Å²) in [6.07, 6.45) is -3.70. The molecule has 0 radical (unpaired) electrons. The Bertz CT molecular complexity index is 401. The Morgan fingerprint density at radius 2 is 2.06 bits per heavy atom. The number of hydrogen-bond acceptors (Lipinski definition) is 1. The lowest BCUT2D eigenvalue weighted by Crippen LogP contribution is -2.32. The summed E-state index contributed by atoms with van der Waals surface area (Å²) < 4.78 is 37.3. The zero-order valence-corrected chi connectivity index (χ0v) is 9.64. The highest BCUT2D eigenvalue weighted by Gasteiger charge is 2.30. The number of carbonyl (C=O) groups excluding carboxylic acids is 1. The van der Waals surface area contributed by atoms with E-state index in [2.05, 4.69) is 5.32 Å². The van der Waals surface area contributed by atoms with Crippen LogP contribution < -0.4 is 5.32 Å². The van der Waals surface area contributed by atoms with Gasteiger partial charge in [-0.1, -0.05) is 13.0 Å². The van der Waals surface area contributed by atoms with Crippen molar-refractivity contribution in [2.24, 2.45) is 0 Å². The van der Waals surface area contributed by atoms with Crippen LogP contribution in [0.15, 0.2) is 24.3 Å². The lowest BCUT2D eigenvalue weighted by molar-refractivity contribution is -0.137. The normalized spacial score (nSPS) is 13.2. The average molecular weight is 245 g/mol. The Morgan fingerprint density at radius 3 is 2.59 bits per heavy atom. The number of hydrogen-bond donors (Lipinski definition) is 1. The number of carbonyl (C=O) groups is 1. The van der Waals surface area contributed by atoms with Gasteiger partial charge in [0.15, 0.2) is 0 Å². The van der Waals surface area contributed by atoms with Crippen molar-refractivity contribution in [1.82, 2.24) is 5.32 Å². The Labute approximate surface area is 97.8 Å². The highest BCUT2D eigenvalue weighted by Crippen LogP contribution is 2.29. The molecule has 1 amide bonds. The summed E-state index contributed by atoms with van der Waals surface area (Å²) in [6.45, 7) is 3.68. The van der Waals surface area contributed by atoms with Crippen molar-refractivity contribution in [2.75, 3.05) is 0 Å². The van der Waals surface area contributed by atoms with Gasteiger partial charge in [0.25, 0.3) is 5.91 Å². The average Bonchev–Trinajstić information content (AvgIpc) is 2.28. The van der Waals surface area contributed by atoms with Gasteiger partial charge in [0.2, 0.25) is 0 Å². The minimum absolute atomic E-state index is 0.0279. The lowest BCUT2D eigenvalue weighted by atomic mass is 10.1. The van der Waals surface area contributed by atoms with E-state index in [1.807, 2.05) is 6.92 Å². The Kier molecular flexibility index (Phi) is 4.15. The van der Waals surface area contributed by atoms with Gasteiger partial charge in [0.1, 0.15) is 0 Å². The molecule has 0 spiro atoms. The lowest BCUT2D eigenvalue weighted by Gasteiger charge is -2.12. The van der Waals surface area contributed by atoms with E-state index in [1.165, 1.54) is 12.1 Å². The molecule has 2 nitrogen and oxygen atoms in total. The van der Waals surface area contributed by atoms with Crippen LogP contribution in [0.2, 0.25) is 0 Å². The zero-order valence-electron chi connectivity index (χ0n) is 9.64. The van der Waals surface area contributed by atoms with Gasteiger partial charge >= 0.3 is 6.18 Å². The predicted molar refractivity (Wildman–Crippen MR) is 58.7 cm³/mol. The van der Waals surface area contributed by atoms with Gasteiger partial charge in [0, 0.05) is 11.6 Å². The molecule has 0 bridgehead atoms. The van der Waals surface area contributed by atoms with Crippen molar-refractivity contribution in [1.29, 1.82) is 0 Å². The minimum Gasteiger partial charge on any atom is -0.350 e. The van der Waals surface area contributed by atoms with Crippen molar-refractivity contribution < 1.29 is 18.0 Å². The van der Waals surface area contributed by atoms with Crippen LogP contribution in [-0.2, 0) is 6.18 Å². The number of nitrogens with one attached hydrogen (secondary N) is 1. The van der Waals surface area contributed by atoms with Crippen molar-refractivity contribution in [3.8, 4) is 0 Å². The summed E-state index contributed by atoms with van der Waals surface area (Å²) in [7, 11) is 0. The molecule has 0 fully saturated rings. The first-order chi connectivity index (χ1) is 7.84. The monoisotopic (exact) mass is 245 g/mol. The van der Waals surface area contributed by atoms with Crippen molar-refractivity contribution in [3.63, 3.8) is 0 Å². The van der Waals surface area contributed by atoms with E-state index in [0.717, 1.165) is 18.6 Å². The molecule has 1 aromatic carbocycles. The van der Waals surface area contributed by atoms with Crippen LogP contribution in [0.4, 0.5) is 13.2 Å². The number of amides is 1. The standard InChI is InChI=1S/C12H14F3NO/c1-3-8(2)16-11(17)9-5-4-6-10(7-9)12(13,14)15/h4-8H,3H2,1-2H3,(H,16,17)/t8-/m1/s1. The summed E-state index contributed by atoms with van der Waals surface area (Å²) in [5.41, 5.74) is -0.783. The maximum Gasteiger partial charge on any atom is 0.416 e. The van der Waals surface area contributed by atoms with Gasteiger partial charge in [-0.05, 0) is 31.5 Å². The first kappa shape index (κ1) is 13.5. The van der Waals surface area contributed by atoms with Crippen LogP contribution in [0.25, 0.3) is 0 Å². The summed E-state index contributed by atoms with van der Waals surface area (Å²) in [4.78, 5) is 11.6.